The van der Waals surface area contributed by atoms with Gasteiger partial charge in [-0.05, 0) is 31.5 Å². The van der Waals surface area contributed by atoms with E-state index in [-0.39, 0.29) is 12.8 Å². The SMILES string of the molecule is COC(=O)C(C)(CCC#N)NC(=O)c1cccc(Cl)c1. The molecule has 106 valence electrons. The summed E-state index contributed by atoms with van der Waals surface area (Å²) in [6.07, 6.45) is 0.296. The van der Waals surface area contributed by atoms with E-state index < -0.39 is 17.4 Å². The molecule has 0 heterocycles. The molecule has 0 bridgehead atoms. The number of nitrogens with zero attached hydrogens (tertiary/aromatic N) is 1. The number of rotatable bonds is 5. The van der Waals surface area contributed by atoms with E-state index in [2.05, 4.69) is 10.1 Å². The third-order valence-electron chi connectivity index (χ3n) is 2.85. The Balaban J connectivity index is 2.92. The minimum Gasteiger partial charge on any atom is -0.467 e. The lowest BCUT2D eigenvalue weighted by molar-refractivity contribution is -0.147. The lowest BCUT2D eigenvalue weighted by atomic mass is 9.95. The molecule has 0 aromatic heterocycles. The number of benzene rings is 1. The fourth-order valence-electron chi connectivity index (χ4n) is 1.70. The molecule has 1 rings (SSSR count). The Labute approximate surface area is 122 Å². The number of hydrogen-bond acceptors (Lipinski definition) is 4. The molecule has 1 atom stereocenters. The second-order valence-electron chi connectivity index (χ2n) is 4.45. The van der Waals surface area contributed by atoms with E-state index in [0.29, 0.717) is 10.6 Å². The van der Waals surface area contributed by atoms with Crippen LogP contribution in [0.1, 0.15) is 30.1 Å². The van der Waals surface area contributed by atoms with E-state index in [9.17, 15) is 9.59 Å². The third-order valence-corrected chi connectivity index (χ3v) is 3.08. The van der Waals surface area contributed by atoms with E-state index in [4.69, 9.17) is 16.9 Å². The molecule has 1 unspecified atom stereocenters. The van der Waals surface area contributed by atoms with Gasteiger partial charge in [0.05, 0.1) is 13.2 Å². The van der Waals surface area contributed by atoms with Gasteiger partial charge < -0.3 is 10.1 Å². The van der Waals surface area contributed by atoms with Crippen LogP contribution in [0.4, 0.5) is 0 Å². The number of esters is 1. The third kappa shape index (κ3) is 3.97. The van der Waals surface area contributed by atoms with Gasteiger partial charge in [-0.15, -0.1) is 0 Å². The van der Waals surface area contributed by atoms with E-state index in [1.54, 1.807) is 18.2 Å². The maximum absolute atomic E-state index is 12.1. The number of nitriles is 1. The van der Waals surface area contributed by atoms with Crippen LogP contribution in [0.2, 0.25) is 5.02 Å². The molecule has 5 nitrogen and oxygen atoms in total. The molecule has 0 saturated heterocycles. The van der Waals surface area contributed by atoms with Gasteiger partial charge in [0, 0.05) is 17.0 Å². The molecule has 0 radical (unpaired) electrons. The number of carbonyl (C=O) groups is 2. The average molecular weight is 295 g/mol. The van der Waals surface area contributed by atoms with Crippen LogP contribution in [-0.2, 0) is 9.53 Å². The summed E-state index contributed by atoms with van der Waals surface area (Å²) in [5, 5.41) is 11.7. The second-order valence-corrected chi connectivity index (χ2v) is 4.88. The summed E-state index contributed by atoms with van der Waals surface area (Å²) in [4.78, 5) is 23.9. The van der Waals surface area contributed by atoms with E-state index in [1.165, 1.54) is 20.1 Å². The highest BCUT2D eigenvalue weighted by Gasteiger charge is 2.35. The van der Waals surface area contributed by atoms with E-state index in [1.807, 2.05) is 6.07 Å². The van der Waals surface area contributed by atoms with Crippen molar-refractivity contribution < 1.29 is 14.3 Å². The largest absolute Gasteiger partial charge is 0.467 e. The Hall–Kier alpha value is -2.06. The maximum Gasteiger partial charge on any atom is 0.331 e. The topological polar surface area (TPSA) is 79.2 Å². The molecule has 1 N–H and O–H groups in total. The highest BCUT2D eigenvalue weighted by Crippen LogP contribution is 2.17. The van der Waals surface area contributed by atoms with Crippen molar-refractivity contribution >= 4 is 23.5 Å². The second kappa shape index (κ2) is 6.92. The summed E-state index contributed by atoms with van der Waals surface area (Å²) >= 11 is 5.82. The van der Waals surface area contributed by atoms with Gasteiger partial charge in [0.15, 0.2) is 0 Å². The summed E-state index contributed by atoms with van der Waals surface area (Å²) in [5.74, 6) is -1.04. The van der Waals surface area contributed by atoms with Gasteiger partial charge in [-0.3, -0.25) is 4.79 Å². The monoisotopic (exact) mass is 294 g/mol. The number of halogens is 1. The van der Waals surface area contributed by atoms with Gasteiger partial charge in [0.2, 0.25) is 0 Å². The molecule has 6 heteroatoms. The Morgan fingerprint density at radius 2 is 2.20 bits per heavy atom. The molecule has 0 aliphatic rings. The molecule has 0 spiro atoms. The highest BCUT2D eigenvalue weighted by atomic mass is 35.5. The molecule has 1 aromatic carbocycles. The van der Waals surface area contributed by atoms with Crippen LogP contribution in [0.5, 0.6) is 0 Å². The zero-order valence-electron chi connectivity index (χ0n) is 11.3. The summed E-state index contributed by atoms with van der Waals surface area (Å²) in [6.45, 7) is 1.53. The number of nitrogens with one attached hydrogen (secondary N) is 1. The van der Waals surface area contributed by atoms with Gasteiger partial charge in [-0.25, -0.2) is 4.79 Å². The Bertz CT molecular complexity index is 554. The van der Waals surface area contributed by atoms with Crippen LogP contribution in [0, 0.1) is 11.3 Å². The van der Waals surface area contributed by atoms with E-state index >= 15 is 0 Å². The molecule has 0 fully saturated rings. The van der Waals surface area contributed by atoms with Crippen LogP contribution in [0.25, 0.3) is 0 Å². The number of hydrogen-bond donors (Lipinski definition) is 1. The van der Waals surface area contributed by atoms with Crippen LogP contribution in [0.3, 0.4) is 0 Å². The molecular formula is C14H15ClN2O3. The number of amides is 1. The zero-order valence-corrected chi connectivity index (χ0v) is 12.0. The van der Waals surface area contributed by atoms with Gasteiger partial charge in [0.1, 0.15) is 5.54 Å². The van der Waals surface area contributed by atoms with Gasteiger partial charge in [-0.1, -0.05) is 17.7 Å². The number of carbonyl (C=O) groups excluding carboxylic acids is 2. The quantitative estimate of drug-likeness (QED) is 0.845. The Morgan fingerprint density at radius 3 is 2.75 bits per heavy atom. The molecule has 0 aliphatic heterocycles. The summed E-state index contributed by atoms with van der Waals surface area (Å²) in [7, 11) is 1.23. The fraction of sp³-hybridized carbons (Fsp3) is 0.357. The van der Waals surface area contributed by atoms with Crippen molar-refractivity contribution in [3.8, 4) is 6.07 Å². The summed E-state index contributed by atoms with van der Waals surface area (Å²) < 4.78 is 4.68. The molecule has 1 amide bonds. The van der Waals surface area contributed by atoms with E-state index in [0.717, 1.165) is 0 Å². The van der Waals surface area contributed by atoms with Crippen LogP contribution < -0.4 is 5.32 Å². The zero-order chi connectivity index (χ0) is 15.2. The predicted octanol–water partition coefficient (Wildman–Crippen LogP) is 2.31. The first kappa shape index (κ1) is 16.0. The van der Waals surface area contributed by atoms with Crippen molar-refractivity contribution in [2.75, 3.05) is 7.11 Å². The van der Waals surface area contributed by atoms with Crippen LogP contribution >= 0.6 is 11.6 Å². The molecular weight excluding hydrogens is 280 g/mol. The van der Waals surface area contributed by atoms with Crippen molar-refractivity contribution in [1.82, 2.24) is 5.32 Å². The molecule has 0 aliphatic carbocycles. The maximum atomic E-state index is 12.1. The predicted molar refractivity (Wildman–Crippen MR) is 74.2 cm³/mol. The first-order valence-electron chi connectivity index (χ1n) is 5.96. The highest BCUT2D eigenvalue weighted by molar-refractivity contribution is 6.31. The Morgan fingerprint density at radius 1 is 1.50 bits per heavy atom. The van der Waals surface area contributed by atoms with Crippen LogP contribution in [0.15, 0.2) is 24.3 Å². The Kier molecular flexibility index (Phi) is 5.53. The van der Waals surface area contributed by atoms with Gasteiger partial charge in [0.25, 0.3) is 5.91 Å². The van der Waals surface area contributed by atoms with Gasteiger partial charge >= 0.3 is 5.97 Å². The van der Waals surface area contributed by atoms with Crippen molar-refractivity contribution in [2.24, 2.45) is 0 Å². The molecule has 20 heavy (non-hydrogen) atoms. The van der Waals surface area contributed by atoms with Crippen molar-refractivity contribution in [3.05, 3.63) is 34.9 Å². The fourth-order valence-corrected chi connectivity index (χ4v) is 1.89. The average Bonchev–Trinajstić information content (AvgIpc) is 2.44. The molecule has 1 aromatic rings. The summed E-state index contributed by atoms with van der Waals surface area (Å²) in [5.41, 5.74) is -0.909. The van der Waals surface area contributed by atoms with Crippen molar-refractivity contribution in [2.45, 2.75) is 25.3 Å². The lowest BCUT2D eigenvalue weighted by Gasteiger charge is -2.27. The normalized spacial score (nSPS) is 12.9. The standard InChI is InChI=1S/C14H15ClN2O3/c1-14(7-4-8-16,13(19)20-2)17-12(18)10-5-3-6-11(15)9-10/h3,5-6,9H,4,7H2,1-2H3,(H,17,18). The van der Waals surface area contributed by atoms with Crippen molar-refractivity contribution in [3.63, 3.8) is 0 Å². The summed E-state index contributed by atoms with van der Waals surface area (Å²) in [6, 6.07) is 8.32. The minimum atomic E-state index is -1.25. The van der Waals surface area contributed by atoms with Crippen LogP contribution in [-0.4, -0.2) is 24.5 Å². The first-order valence-corrected chi connectivity index (χ1v) is 6.34. The smallest absolute Gasteiger partial charge is 0.331 e. The molecule has 0 saturated carbocycles. The number of methoxy groups -OCH3 is 1. The number of ether oxygens (including phenoxy) is 1. The van der Waals surface area contributed by atoms with Gasteiger partial charge in [-0.2, -0.15) is 5.26 Å². The first-order chi connectivity index (χ1) is 9.42. The van der Waals surface area contributed by atoms with Crippen molar-refractivity contribution in [1.29, 1.82) is 5.26 Å². The minimum absolute atomic E-state index is 0.126. The lowest BCUT2D eigenvalue weighted by Crippen LogP contribution is -2.52.